The molecule has 1 aromatic heterocycles. The second-order valence-electron chi connectivity index (χ2n) is 7.26. The molecule has 0 bridgehead atoms. The van der Waals surface area contributed by atoms with E-state index in [2.05, 4.69) is 15.3 Å². The van der Waals surface area contributed by atoms with E-state index < -0.39 is 0 Å². The minimum atomic E-state index is -0.351. The van der Waals surface area contributed by atoms with E-state index >= 15 is 0 Å². The second-order valence-corrected chi connectivity index (χ2v) is 7.26. The van der Waals surface area contributed by atoms with Gasteiger partial charge in [-0.05, 0) is 24.6 Å². The molecule has 10 nitrogen and oxygen atoms in total. The van der Waals surface area contributed by atoms with Crippen LogP contribution in [0.15, 0.2) is 30.3 Å². The first-order valence-electron chi connectivity index (χ1n) is 10.2. The van der Waals surface area contributed by atoms with Gasteiger partial charge < -0.3 is 29.3 Å². The SMILES string of the molecule is Cc1cccc(NC(=O)c2cc(OCCN3CCOC3=O)nc(N3CCOCC3)n2)c1. The van der Waals surface area contributed by atoms with Crippen molar-refractivity contribution in [3.63, 3.8) is 0 Å². The van der Waals surface area contributed by atoms with Crippen molar-refractivity contribution < 1.29 is 23.8 Å². The zero-order valence-corrected chi connectivity index (χ0v) is 17.4. The number of benzene rings is 1. The number of carbonyl (C=O) groups is 2. The number of rotatable bonds is 7. The predicted molar refractivity (Wildman–Crippen MR) is 113 cm³/mol. The molecule has 31 heavy (non-hydrogen) atoms. The molecule has 4 rings (SSSR count). The zero-order valence-electron chi connectivity index (χ0n) is 17.4. The minimum absolute atomic E-state index is 0.202. The second kappa shape index (κ2) is 9.61. The fourth-order valence-electron chi connectivity index (χ4n) is 3.32. The summed E-state index contributed by atoms with van der Waals surface area (Å²) < 4.78 is 16.1. The Bertz CT molecular complexity index is 948. The number of nitrogens with zero attached hydrogens (tertiary/aromatic N) is 4. The van der Waals surface area contributed by atoms with Gasteiger partial charge in [-0.3, -0.25) is 4.79 Å². The number of amides is 2. The van der Waals surface area contributed by atoms with Crippen LogP contribution in [0.5, 0.6) is 5.88 Å². The molecular weight excluding hydrogens is 402 g/mol. The van der Waals surface area contributed by atoms with Crippen molar-refractivity contribution in [2.45, 2.75) is 6.92 Å². The van der Waals surface area contributed by atoms with E-state index in [1.165, 1.54) is 6.07 Å². The number of ether oxygens (including phenoxy) is 3. The molecule has 2 aromatic rings. The van der Waals surface area contributed by atoms with Gasteiger partial charge in [-0.25, -0.2) is 9.78 Å². The van der Waals surface area contributed by atoms with Crippen LogP contribution in [0.2, 0.25) is 0 Å². The van der Waals surface area contributed by atoms with Crippen LogP contribution in [0.25, 0.3) is 0 Å². The van der Waals surface area contributed by atoms with Crippen LogP contribution >= 0.6 is 0 Å². The van der Waals surface area contributed by atoms with Gasteiger partial charge in [-0.15, -0.1) is 0 Å². The third kappa shape index (κ3) is 5.40. The molecule has 2 saturated heterocycles. The highest BCUT2D eigenvalue weighted by Gasteiger charge is 2.22. The number of aromatic nitrogens is 2. The number of nitrogens with one attached hydrogen (secondary N) is 1. The highest BCUT2D eigenvalue weighted by Crippen LogP contribution is 2.19. The third-order valence-electron chi connectivity index (χ3n) is 4.95. The highest BCUT2D eigenvalue weighted by atomic mass is 16.6. The van der Waals surface area contributed by atoms with Gasteiger partial charge >= 0.3 is 6.09 Å². The Balaban J connectivity index is 1.50. The summed E-state index contributed by atoms with van der Waals surface area (Å²) in [6, 6.07) is 9.05. The first-order chi connectivity index (χ1) is 15.1. The van der Waals surface area contributed by atoms with Crippen LogP contribution in [0, 0.1) is 6.92 Å². The minimum Gasteiger partial charge on any atom is -0.476 e. The van der Waals surface area contributed by atoms with E-state index in [1.54, 1.807) is 4.90 Å². The van der Waals surface area contributed by atoms with Crippen molar-refractivity contribution in [2.75, 3.05) is 62.8 Å². The molecule has 2 fully saturated rings. The molecule has 0 radical (unpaired) electrons. The van der Waals surface area contributed by atoms with Gasteiger partial charge in [0.1, 0.15) is 18.9 Å². The smallest absolute Gasteiger partial charge is 0.410 e. The van der Waals surface area contributed by atoms with E-state index in [-0.39, 0.29) is 30.2 Å². The standard InChI is InChI=1S/C21H25N5O5/c1-15-3-2-4-16(13-15)22-19(27)17-14-18(30-11-7-26-8-12-31-21(26)28)24-20(23-17)25-5-9-29-10-6-25/h2-4,13-14H,5-12H2,1H3,(H,22,27). The summed E-state index contributed by atoms with van der Waals surface area (Å²) >= 11 is 0. The van der Waals surface area contributed by atoms with Crippen LogP contribution in [-0.4, -0.2) is 79.5 Å². The Morgan fingerprint density at radius 3 is 2.74 bits per heavy atom. The highest BCUT2D eigenvalue weighted by molar-refractivity contribution is 6.03. The van der Waals surface area contributed by atoms with Crippen LogP contribution in [0.3, 0.4) is 0 Å². The first-order valence-corrected chi connectivity index (χ1v) is 10.2. The lowest BCUT2D eigenvalue weighted by Gasteiger charge is -2.27. The number of hydrogen-bond acceptors (Lipinski definition) is 8. The van der Waals surface area contributed by atoms with Crippen molar-refractivity contribution in [1.82, 2.24) is 14.9 Å². The van der Waals surface area contributed by atoms with Gasteiger partial charge in [0.2, 0.25) is 11.8 Å². The fraction of sp³-hybridized carbons (Fsp3) is 0.429. The van der Waals surface area contributed by atoms with E-state index in [9.17, 15) is 9.59 Å². The molecule has 0 spiro atoms. The molecule has 164 valence electrons. The predicted octanol–water partition coefficient (Wildman–Crippen LogP) is 1.70. The molecule has 0 atom stereocenters. The monoisotopic (exact) mass is 427 g/mol. The molecule has 10 heteroatoms. The fourth-order valence-corrected chi connectivity index (χ4v) is 3.32. The van der Waals surface area contributed by atoms with Crippen molar-refractivity contribution in [3.05, 3.63) is 41.6 Å². The van der Waals surface area contributed by atoms with Gasteiger partial charge in [0.25, 0.3) is 5.91 Å². The Hall–Kier alpha value is -3.40. The Labute approximate surface area is 180 Å². The molecule has 2 aliphatic rings. The number of morpholine rings is 1. The van der Waals surface area contributed by atoms with Crippen LogP contribution in [0.4, 0.5) is 16.4 Å². The van der Waals surface area contributed by atoms with Gasteiger partial charge in [0.15, 0.2) is 0 Å². The van der Waals surface area contributed by atoms with Gasteiger partial charge in [-0.2, -0.15) is 4.98 Å². The van der Waals surface area contributed by atoms with E-state index in [1.807, 2.05) is 36.1 Å². The number of aryl methyl sites for hydroxylation is 1. The quantitative estimate of drug-likeness (QED) is 0.712. The third-order valence-corrected chi connectivity index (χ3v) is 4.95. The van der Waals surface area contributed by atoms with Crippen LogP contribution in [0.1, 0.15) is 16.1 Å². The Morgan fingerprint density at radius 2 is 2.00 bits per heavy atom. The molecular formula is C21H25N5O5. The first kappa shape index (κ1) is 20.9. The normalized spacial score (nSPS) is 16.2. The summed E-state index contributed by atoms with van der Waals surface area (Å²) in [5, 5.41) is 2.87. The zero-order chi connectivity index (χ0) is 21.6. The lowest BCUT2D eigenvalue weighted by atomic mass is 10.2. The van der Waals surface area contributed by atoms with Crippen molar-refractivity contribution in [2.24, 2.45) is 0 Å². The molecule has 2 aliphatic heterocycles. The molecule has 0 aliphatic carbocycles. The summed E-state index contributed by atoms with van der Waals surface area (Å²) in [5.41, 5.74) is 1.93. The van der Waals surface area contributed by atoms with E-state index in [4.69, 9.17) is 14.2 Å². The van der Waals surface area contributed by atoms with E-state index in [0.717, 1.165) is 5.56 Å². The maximum atomic E-state index is 12.9. The summed E-state index contributed by atoms with van der Waals surface area (Å²) in [4.78, 5) is 36.9. The molecule has 1 N–H and O–H groups in total. The van der Waals surface area contributed by atoms with Gasteiger partial charge in [0.05, 0.1) is 26.3 Å². The van der Waals surface area contributed by atoms with Crippen LogP contribution in [-0.2, 0) is 9.47 Å². The summed E-state index contributed by atoms with van der Waals surface area (Å²) in [7, 11) is 0. The molecule has 3 heterocycles. The molecule has 0 unspecified atom stereocenters. The van der Waals surface area contributed by atoms with Crippen molar-refractivity contribution >= 4 is 23.6 Å². The van der Waals surface area contributed by atoms with Crippen molar-refractivity contribution in [3.8, 4) is 5.88 Å². The number of cyclic esters (lactones) is 1. The maximum absolute atomic E-state index is 12.9. The van der Waals surface area contributed by atoms with Gasteiger partial charge in [-0.1, -0.05) is 12.1 Å². The summed E-state index contributed by atoms with van der Waals surface area (Å²) in [5.74, 6) is 0.338. The molecule has 0 saturated carbocycles. The van der Waals surface area contributed by atoms with Crippen molar-refractivity contribution in [1.29, 1.82) is 0 Å². The Morgan fingerprint density at radius 1 is 1.16 bits per heavy atom. The molecule has 2 amide bonds. The van der Waals surface area contributed by atoms with E-state index in [0.29, 0.717) is 57.6 Å². The van der Waals surface area contributed by atoms with Gasteiger partial charge in [0, 0.05) is 24.8 Å². The lowest BCUT2D eigenvalue weighted by molar-refractivity contribution is 0.102. The van der Waals surface area contributed by atoms with Crippen LogP contribution < -0.4 is 15.0 Å². The number of anilines is 2. The number of hydrogen-bond donors (Lipinski definition) is 1. The Kier molecular flexibility index (Phi) is 6.46. The average molecular weight is 427 g/mol. The lowest BCUT2D eigenvalue weighted by Crippen LogP contribution is -2.37. The topological polar surface area (TPSA) is 106 Å². The molecule has 1 aromatic carbocycles. The average Bonchev–Trinajstić information content (AvgIpc) is 3.19. The maximum Gasteiger partial charge on any atom is 0.410 e. The largest absolute Gasteiger partial charge is 0.476 e. The number of carbonyl (C=O) groups excluding carboxylic acids is 2. The summed E-state index contributed by atoms with van der Waals surface area (Å²) in [6.45, 7) is 5.87. The summed E-state index contributed by atoms with van der Waals surface area (Å²) in [6.07, 6.45) is -0.349.